The van der Waals surface area contributed by atoms with Crippen LogP contribution in [0.4, 0.5) is 0 Å². The first-order chi connectivity index (χ1) is 24.0. The summed E-state index contributed by atoms with van der Waals surface area (Å²) in [6.07, 6.45) is 9.86. The van der Waals surface area contributed by atoms with Gasteiger partial charge in [-0.25, -0.2) is 9.97 Å². The Morgan fingerprint density at radius 2 is 1.33 bits per heavy atom. The number of benzene rings is 2. The maximum absolute atomic E-state index is 6.09. The summed E-state index contributed by atoms with van der Waals surface area (Å²) in [6, 6.07) is 24.8. The first kappa shape index (κ1) is 32.3. The van der Waals surface area contributed by atoms with Crippen LogP contribution in [0.5, 0.6) is 23.0 Å². The van der Waals surface area contributed by atoms with Gasteiger partial charge in [0.15, 0.2) is 17.2 Å². The van der Waals surface area contributed by atoms with Crippen molar-refractivity contribution in [3.05, 3.63) is 95.6 Å². The second-order valence-electron chi connectivity index (χ2n) is 11.8. The van der Waals surface area contributed by atoms with Gasteiger partial charge in [0.2, 0.25) is 0 Å². The molecule has 1 unspecified atom stereocenters. The normalized spacial score (nSPS) is 12.6. The van der Waals surface area contributed by atoms with Crippen molar-refractivity contribution in [1.82, 2.24) is 19.9 Å². The zero-order chi connectivity index (χ0) is 33.9. The third kappa shape index (κ3) is 6.58. The van der Waals surface area contributed by atoms with E-state index in [1.165, 1.54) is 0 Å². The van der Waals surface area contributed by atoms with Crippen LogP contribution in [0.2, 0.25) is 0 Å². The van der Waals surface area contributed by atoms with E-state index >= 15 is 0 Å². The highest BCUT2D eigenvalue weighted by atomic mass is 79.9. The highest BCUT2D eigenvalue weighted by molar-refractivity contribution is 9.09. The monoisotopic (exact) mass is 716 g/mol. The molecule has 2 N–H and O–H groups in total. The third-order valence-electron chi connectivity index (χ3n) is 8.66. The molecular weight excluding hydrogens is 680 g/mol. The smallest absolute Gasteiger partial charge is 0.168 e. The predicted octanol–water partition coefficient (Wildman–Crippen LogP) is 9.96. The van der Waals surface area contributed by atoms with Crippen LogP contribution in [0.1, 0.15) is 42.5 Å². The summed E-state index contributed by atoms with van der Waals surface area (Å²) < 4.78 is 23.7. The number of fused-ring (bicyclic) bond motifs is 8. The molecule has 8 bridgehead atoms. The largest absolute Gasteiger partial charge is 0.494 e. The molecule has 0 saturated heterocycles. The molecule has 7 rings (SSSR count). The van der Waals surface area contributed by atoms with Crippen LogP contribution < -0.4 is 18.9 Å². The minimum atomic E-state index is 0.471. The lowest BCUT2D eigenvalue weighted by atomic mass is 9.99. The zero-order valence-electron chi connectivity index (χ0n) is 27.8. The van der Waals surface area contributed by atoms with Gasteiger partial charge in [0, 0.05) is 15.9 Å². The van der Waals surface area contributed by atoms with Crippen molar-refractivity contribution >= 4 is 62.3 Å². The lowest BCUT2D eigenvalue weighted by Gasteiger charge is -2.10. The van der Waals surface area contributed by atoms with Crippen molar-refractivity contribution in [3.63, 3.8) is 0 Å². The minimum absolute atomic E-state index is 0.471. The van der Waals surface area contributed by atoms with E-state index in [4.69, 9.17) is 28.9 Å². The Hall–Kier alpha value is -5.28. The van der Waals surface area contributed by atoms with Gasteiger partial charge in [0.1, 0.15) is 22.8 Å². The molecule has 9 heteroatoms. The number of H-pyrrole nitrogens is 2. The summed E-state index contributed by atoms with van der Waals surface area (Å²) in [5.41, 5.74) is 10.3. The topological polar surface area (TPSA) is 94.3 Å². The van der Waals surface area contributed by atoms with Crippen LogP contribution in [0.3, 0.4) is 0 Å². The van der Waals surface area contributed by atoms with E-state index in [1.54, 1.807) is 21.3 Å². The molecule has 49 heavy (non-hydrogen) atoms. The first-order valence-electron chi connectivity index (χ1n) is 16.2. The number of nitrogens with zero attached hydrogens (tertiary/aromatic N) is 2. The Kier molecular flexibility index (Phi) is 9.26. The number of rotatable bonds is 10. The van der Waals surface area contributed by atoms with Crippen molar-refractivity contribution in [1.29, 1.82) is 0 Å². The summed E-state index contributed by atoms with van der Waals surface area (Å²) in [5.74, 6) is 2.71. The molecule has 0 fully saturated rings. The molecule has 248 valence electrons. The molecule has 0 spiro atoms. The van der Waals surface area contributed by atoms with Crippen molar-refractivity contribution in [3.8, 4) is 45.3 Å². The van der Waals surface area contributed by atoms with Gasteiger partial charge in [-0.05, 0) is 96.3 Å². The molecule has 3 aromatic heterocycles. The molecule has 2 aromatic carbocycles. The Morgan fingerprint density at radius 3 is 2.02 bits per heavy atom. The summed E-state index contributed by atoms with van der Waals surface area (Å²) in [4.78, 5) is 17.4. The molecule has 2 aliphatic heterocycles. The summed E-state index contributed by atoms with van der Waals surface area (Å²) in [7, 11) is 4.95. The highest BCUT2D eigenvalue weighted by Crippen LogP contribution is 2.38. The number of hydrogen-bond acceptors (Lipinski definition) is 6. The predicted molar refractivity (Wildman–Crippen MR) is 203 cm³/mol. The second-order valence-corrected chi connectivity index (χ2v) is 13.1. The molecule has 0 saturated carbocycles. The van der Waals surface area contributed by atoms with Crippen LogP contribution in [-0.2, 0) is 0 Å². The van der Waals surface area contributed by atoms with E-state index < -0.39 is 0 Å². The average Bonchev–Trinajstić information content (AvgIpc) is 3.96. The maximum Gasteiger partial charge on any atom is 0.168 e. The summed E-state index contributed by atoms with van der Waals surface area (Å²) in [5, 5.41) is 0. The first-order valence-corrected chi connectivity index (χ1v) is 17.2. The quantitative estimate of drug-likeness (QED) is 0.137. The lowest BCUT2D eigenvalue weighted by molar-refractivity contribution is 0.309. The van der Waals surface area contributed by atoms with E-state index in [0.717, 1.165) is 74.3 Å². The molecule has 8 nitrogen and oxygen atoms in total. The van der Waals surface area contributed by atoms with E-state index in [-0.39, 0.29) is 0 Å². The van der Waals surface area contributed by atoms with Crippen LogP contribution in [0.25, 0.3) is 68.6 Å². The molecule has 0 radical (unpaired) electrons. The van der Waals surface area contributed by atoms with Crippen molar-refractivity contribution in [2.24, 2.45) is 0 Å². The SMILES string of the molecule is CCC(Br)CCOc1ccc(-c2cccc(-c3cc4cc5nc(c(OC)c6ccc([nH]6)c(OC)c6nc(c(OC)c3[nH]4)C=C6)C=C5)c2)cc1. The van der Waals surface area contributed by atoms with Gasteiger partial charge in [-0.2, -0.15) is 0 Å². The number of aromatic amines is 2. The Bertz CT molecular complexity index is 2230. The fourth-order valence-electron chi connectivity index (χ4n) is 6.14. The van der Waals surface area contributed by atoms with E-state index in [0.29, 0.717) is 40.1 Å². The number of ether oxygens (including phenoxy) is 4. The molecule has 0 aliphatic carbocycles. The van der Waals surface area contributed by atoms with Gasteiger partial charge >= 0.3 is 0 Å². The van der Waals surface area contributed by atoms with Crippen LogP contribution in [-0.4, -0.2) is 52.7 Å². The number of methoxy groups -OCH3 is 3. The van der Waals surface area contributed by atoms with Gasteiger partial charge in [-0.3, -0.25) is 0 Å². The van der Waals surface area contributed by atoms with Crippen molar-refractivity contribution in [2.45, 2.75) is 24.6 Å². The van der Waals surface area contributed by atoms with Crippen molar-refractivity contribution < 1.29 is 18.9 Å². The van der Waals surface area contributed by atoms with Gasteiger partial charge in [0.25, 0.3) is 0 Å². The van der Waals surface area contributed by atoms with E-state index in [1.807, 2.05) is 54.6 Å². The third-order valence-corrected chi connectivity index (χ3v) is 9.77. The van der Waals surface area contributed by atoms with Gasteiger partial charge in [-0.1, -0.05) is 53.2 Å². The zero-order valence-corrected chi connectivity index (χ0v) is 29.4. The number of hydrogen-bond donors (Lipinski definition) is 2. The molecular formula is C40H37BrN4O4. The number of halogens is 1. The molecule has 2 aliphatic rings. The Morgan fingerprint density at radius 1 is 0.673 bits per heavy atom. The van der Waals surface area contributed by atoms with Crippen molar-refractivity contribution in [2.75, 3.05) is 27.9 Å². The minimum Gasteiger partial charge on any atom is -0.494 e. The van der Waals surface area contributed by atoms with E-state index in [9.17, 15) is 0 Å². The Balaban J connectivity index is 1.38. The fraction of sp³-hybridized carbons (Fsp3) is 0.200. The van der Waals surface area contributed by atoms with Gasteiger partial charge in [0.05, 0.1) is 50.2 Å². The molecule has 5 heterocycles. The maximum atomic E-state index is 6.09. The molecule has 0 amide bonds. The van der Waals surface area contributed by atoms with Gasteiger partial charge < -0.3 is 28.9 Å². The number of aromatic nitrogens is 4. The standard InChI is InChI=1S/C40H37BrN4O4/c1-5-27(41)19-20-49-30-12-9-24(10-13-30)25-7-6-8-26(21-25)31-23-29-22-28-11-14-32(42-28)38(46-2)33-15-16-34(44-33)39(47-3)35-17-18-36(45-35)40(48-4)37(31)43-29/h6-18,21-23,27,43-44H,5,19-20H2,1-4H3. The molecule has 5 aromatic rings. The van der Waals surface area contributed by atoms with Crippen LogP contribution in [0, 0.1) is 0 Å². The number of nitrogens with one attached hydrogen (secondary N) is 2. The van der Waals surface area contributed by atoms with Crippen LogP contribution in [0.15, 0.2) is 72.8 Å². The number of alkyl halides is 1. The lowest BCUT2D eigenvalue weighted by Crippen LogP contribution is -2.04. The van der Waals surface area contributed by atoms with Gasteiger partial charge in [-0.15, -0.1) is 0 Å². The second kappa shape index (κ2) is 14.1. The van der Waals surface area contributed by atoms with E-state index in [2.05, 4.69) is 75.3 Å². The summed E-state index contributed by atoms with van der Waals surface area (Å²) >= 11 is 3.68. The fourth-order valence-corrected chi connectivity index (χ4v) is 6.32. The molecule has 1 atom stereocenters. The average molecular weight is 718 g/mol. The highest BCUT2D eigenvalue weighted by Gasteiger charge is 2.18. The van der Waals surface area contributed by atoms with Crippen LogP contribution >= 0.6 is 15.9 Å². The Labute approximate surface area is 293 Å². The summed E-state index contributed by atoms with van der Waals surface area (Å²) in [6.45, 7) is 2.85.